The zero-order valence-corrected chi connectivity index (χ0v) is 12.6. The Kier molecular flexibility index (Phi) is 5.55. The van der Waals surface area contributed by atoms with E-state index < -0.39 is 0 Å². The fraction of sp³-hybridized carbons (Fsp3) is 0.786. The summed E-state index contributed by atoms with van der Waals surface area (Å²) in [7, 11) is 0. The first-order chi connectivity index (χ1) is 10.0. The fourth-order valence-electron chi connectivity index (χ4n) is 2.34. The van der Waals surface area contributed by atoms with Crippen LogP contribution in [0.15, 0.2) is 4.52 Å². The summed E-state index contributed by atoms with van der Waals surface area (Å²) in [6.07, 6.45) is 3.48. The van der Waals surface area contributed by atoms with Crippen molar-refractivity contribution in [3.05, 3.63) is 11.7 Å². The Bertz CT molecular complexity index is 453. The smallest absolute Gasteiger partial charge is 0.315 e. The molecule has 2 rings (SSSR count). The third kappa shape index (κ3) is 5.00. The van der Waals surface area contributed by atoms with E-state index in [0.717, 1.165) is 25.7 Å². The van der Waals surface area contributed by atoms with Crippen LogP contribution < -0.4 is 10.6 Å². The molecule has 0 saturated heterocycles. The summed E-state index contributed by atoms with van der Waals surface area (Å²) >= 11 is 0. The molecular formula is C14H24N4O3. The van der Waals surface area contributed by atoms with Gasteiger partial charge in [0.1, 0.15) is 0 Å². The number of aliphatic hydroxyl groups excluding tert-OH is 1. The maximum atomic E-state index is 11.7. The van der Waals surface area contributed by atoms with Crippen LogP contribution in [0.5, 0.6) is 0 Å². The number of urea groups is 1. The first kappa shape index (κ1) is 15.8. The molecule has 1 heterocycles. The van der Waals surface area contributed by atoms with Crippen molar-refractivity contribution in [1.29, 1.82) is 0 Å². The molecule has 1 aromatic rings. The van der Waals surface area contributed by atoms with E-state index >= 15 is 0 Å². The van der Waals surface area contributed by atoms with Gasteiger partial charge in [0.25, 0.3) is 0 Å². The van der Waals surface area contributed by atoms with Gasteiger partial charge < -0.3 is 20.3 Å². The minimum atomic E-state index is -0.209. The molecule has 1 aliphatic carbocycles. The minimum absolute atomic E-state index is 0.157. The number of nitrogens with zero attached hydrogens (tertiary/aromatic N) is 2. The maximum absolute atomic E-state index is 11.7. The van der Waals surface area contributed by atoms with Crippen LogP contribution in [0.25, 0.3) is 0 Å². The molecule has 0 aliphatic heterocycles. The quantitative estimate of drug-likeness (QED) is 0.761. The highest BCUT2D eigenvalue weighted by Crippen LogP contribution is 2.18. The molecule has 1 fully saturated rings. The van der Waals surface area contributed by atoms with E-state index in [9.17, 15) is 9.90 Å². The molecule has 0 atom stereocenters. The van der Waals surface area contributed by atoms with Crippen molar-refractivity contribution in [3.63, 3.8) is 0 Å². The number of amides is 2. The van der Waals surface area contributed by atoms with Crippen LogP contribution in [-0.4, -0.2) is 40.0 Å². The molecule has 21 heavy (non-hydrogen) atoms. The van der Waals surface area contributed by atoms with Gasteiger partial charge in [-0.1, -0.05) is 19.0 Å². The number of nitrogens with one attached hydrogen (secondary N) is 2. The summed E-state index contributed by atoms with van der Waals surface area (Å²) < 4.78 is 5.11. The highest BCUT2D eigenvalue weighted by molar-refractivity contribution is 5.74. The van der Waals surface area contributed by atoms with E-state index in [1.165, 1.54) is 0 Å². The molecule has 0 bridgehead atoms. The first-order valence-electron chi connectivity index (χ1n) is 7.59. The van der Waals surface area contributed by atoms with Gasteiger partial charge in [-0.15, -0.1) is 0 Å². The summed E-state index contributed by atoms with van der Waals surface area (Å²) in [5, 5.41) is 19.0. The van der Waals surface area contributed by atoms with Gasteiger partial charge in [-0.25, -0.2) is 4.79 Å². The van der Waals surface area contributed by atoms with Crippen LogP contribution >= 0.6 is 0 Å². The highest BCUT2D eigenvalue weighted by atomic mass is 16.5. The number of aliphatic hydroxyl groups is 1. The summed E-state index contributed by atoms with van der Waals surface area (Å²) in [6.45, 7) is 4.46. The molecule has 0 aromatic carbocycles. The second-order valence-electron chi connectivity index (χ2n) is 5.86. The lowest BCUT2D eigenvalue weighted by Crippen LogP contribution is -2.44. The summed E-state index contributed by atoms with van der Waals surface area (Å²) in [4.78, 5) is 16.0. The van der Waals surface area contributed by atoms with Crippen molar-refractivity contribution >= 4 is 6.03 Å². The van der Waals surface area contributed by atoms with E-state index in [4.69, 9.17) is 4.52 Å². The van der Waals surface area contributed by atoms with Crippen molar-refractivity contribution in [2.24, 2.45) is 0 Å². The summed E-state index contributed by atoms with van der Waals surface area (Å²) in [5.41, 5.74) is 0. The number of rotatable bonds is 5. The van der Waals surface area contributed by atoms with Crippen molar-refractivity contribution in [2.75, 3.05) is 6.54 Å². The minimum Gasteiger partial charge on any atom is -0.393 e. The Balaban J connectivity index is 1.64. The van der Waals surface area contributed by atoms with Gasteiger partial charge in [-0.05, 0) is 25.7 Å². The molecule has 7 nitrogen and oxygen atoms in total. The van der Waals surface area contributed by atoms with Crippen LogP contribution in [0.2, 0.25) is 0 Å². The molecule has 0 unspecified atom stereocenters. The number of aromatic nitrogens is 2. The molecule has 3 N–H and O–H groups in total. The third-order valence-electron chi connectivity index (χ3n) is 3.66. The standard InChI is InChI=1S/C14H24N4O3/c1-9(2)13-17-12(21-18-13)7-8-15-14(20)16-10-3-5-11(19)6-4-10/h9-11,19H,3-8H2,1-2H3,(H2,15,16,20). The normalized spacial score (nSPS) is 22.3. The number of carbonyl (C=O) groups excluding carboxylic acids is 1. The number of hydrogen-bond donors (Lipinski definition) is 3. The van der Waals surface area contributed by atoms with Crippen molar-refractivity contribution in [3.8, 4) is 0 Å². The Morgan fingerprint density at radius 1 is 1.38 bits per heavy atom. The molecule has 1 aliphatic rings. The maximum Gasteiger partial charge on any atom is 0.315 e. The van der Waals surface area contributed by atoms with Gasteiger partial charge in [0.2, 0.25) is 5.89 Å². The molecule has 1 aromatic heterocycles. The Labute approximate surface area is 124 Å². The SMILES string of the molecule is CC(C)c1noc(CCNC(=O)NC2CCC(O)CC2)n1. The van der Waals surface area contributed by atoms with Gasteiger partial charge in [0.15, 0.2) is 5.82 Å². The number of hydrogen-bond acceptors (Lipinski definition) is 5. The lowest BCUT2D eigenvalue weighted by molar-refractivity contribution is 0.117. The van der Waals surface area contributed by atoms with Crippen LogP contribution in [0.1, 0.15) is 57.2 Å². The van der Waals surface area contributed by atoms with Crippen LogP contribution in [-0.2, 0) is 6.42 Å². The predicted octanol–water partition coefficient (Wildman–Crippen LogP) is 1.34. The highest BCUT2D eigenvalue weighted by Gasteiger charge is 2.20. The van der Waals surface area contributed by atoms with E-state index in [1.54, 1.807) is 0 Å². The topological polar surface area (TPSA) is 100 Å². The summed E-state index contributed by atoms with van der Waals surface area (Å²) in [5.74, 6) is 1.47. The molecule has 0 spiro atoms. The van der Waals surface area contributed by atoms with E-state index in [0.29, 0.717) is 24.7 Å². The van der Waals surface area contributed by atoms with Crippen molar-refractivity contribution in [2.45, 2.75) is 64.0 Å². The lowest BCUT2D eigenvalue weighted by atomic mass is 9.93. The Hall–Kier alpha value is -1.63. The van der Waals surface area contributed by atoms with E-state index in [2.05, 4.69) is 20.8 Å². The third-order valence-corrected chi connectivity index (χ3v) is 3.66. The van der Waals surface area contributed by atoms with Gasteiger partial charge in [0.05, 0.1) is 6.10 Å². The Morgan fingerprint density at radius 3 is 2.71 bits per heavy atom. The van der Waals surface area contributed by atoms with E-state index in [1.807, 2.05) is 13.8 Å². The van der Waals surface area contributed by atoms with Crippen LogP contribution in [0.3, 0.4) is 0 Å². The van der Waals surface area contributed by atoms with Crippen LogP contribution in [0, 0.1) is 0 Å². The fourth-order valence-corrected chi connectivity index (χ4v) is 2.34. The van der Waals surface area contributed by atoms with Gasteiger partial charge >= 0.3 is 6.03 Å². The zero-order valence-electron chi connectivity index (χ0n) is 12.6. The van der Waals surface area contributed by atoms with Gasteiger partial charge in [0, 0.05) is 24.9 Å². The molecule has 1 saturated carbocycles. The molecule has 0 radical (unpaired) electrons. The molecule has 118 valence electrons. The van der Waals surface area contributed by atoms with Gasteiger partial charge in [-0.2, -0.15) is 4.98 Å². The molecule has 7 heteroatoms. The predicted molar refractivity (Wildman–Crippen MR) is 76.9 cm³/mol. The Morgan fingerprint density at radius 2 is 2.10 bits per heavy atom. The lowest BCUT2D eigenvalue weighted by Gasteiger charge is -2.26. The average Bonchev–Trinajstić information content (AvgIpc) is 2.90. The van der Waals surface area contributed by atoms with Crippen molar-refractivity contribution in [1.82, 2.24) is 20.8 Å². The van der Waals surface area contributed by atoms with E-state index in [-0.39, 0.29) is 24.1 Å². The summed E-state index contributed by atoms with van der Waals surface area (Å²) in [6, 6.07) is -0.0238. The second-order valence-corrected chi connectivity index (χ2v) is 5.86. The monoisotopic (exact) mass is 296 g/mol. The first-order valence-corrected chi connectivity index (χ1v) is 7.59. The average molecular weight is 296 g/mol. The van der Waals surface area contributed by atoms with Gasteiger partial charge in [-0.3, -0.25) is 0 Å². The number of carbonyl (C=O) groups is 1. The van der Waals surface area contributed by atoms with Crippen LogP contribution in [0.4, 0.5) is 4.79 Å². The molecule has 2 amide bonds. The molecular weight excluding hydrogens is 272 g/mol. The second kappa shape index (κ2) is 7.40. The van der Waals surface area contributed by atoms with Crippen molar-refractivity contribution < 1.29 is 14.4 Å². The zero-order chi connectivity index (χ0) is 15.2. The largest absolute Gasteiger partial charge is 0.393 e.